The summed E-state index contributed by atoms with van der Waals surface area (Å²) < 4.78 is 27.8. The summed E-state index contributed by atoms with van der Waals surface area (Å²) in [5.74, 6) is -0.727. The average Bonchev–Trinajstić information content (AvgIpc) is 0.838. The van der Waals surface area contributed by atoms with E-state index in [1.54, 1.807) is 42.5 Å². The van der Waals surface area contributed by atoms with Crippen LogP contribution in [0.5, 0.6) is 5.75 Å². The van der Waals surface area contributed by atoms with Crippen LogP contribution in [0.1, 0.15) is 57.9 Å². The molecule has 1 unspecified atom stereocenters. The van der Waals surface area contributed by atoms with E-state index in [9.17, 15) is 28.8 Å². The first-order chi connectivity index (χ1) is 49.9. The number of carbonyl (C=O) groups is 2. The first-order valence-electron chi connectivity index (χ1n) is 34.0. The molecule has 0 aliphatic carbocycles. The van der Waals surface area contributed by atoms with Gasteiger partial charge in [-0.1, -0.05) is 175 Å². The van der Waals surface area contributed by atoms with Gasteiger partial charge >= 0.3 is 5.97 Å². The van der Waals surface area contributed by atoms with Crippen molar-refractivity contribution in [1.82, 2.24) is 43.8 Å². The summed E-state index contributed by atoms with van der Waals surface area (Å²) in [7, 11) is 0. The largest absolute Gasteiger partial charge is 0.423 e. The molecule has 0 saturated carbocycles. The normalized spacial score (nSPS) is 14.3. The third kappa shape index (κ3) is 23.7. The lowest BCUT2D eigenvalue weighted by atomic mass is 10.1. The quantitative estimate of drug-likeness (QED) is 0.0232. The summed E-state index contributed by atoms with van der Waals surface area (Å²) in [4.78, 5) is 117. The summed E-state index contributed by atoms with van der Waals surface area (Å²) >= 11 is 12.3. The van der Waals surface area contributed by atoms with Gasteiger partial charge in [0.1, 0.15) is 26.4 Å². The number of esters is 1. The van der Waals surface area contributed by atoms with Crippen molar-refractivity contribution in [2.24, 2.45) is 0 Å². The lowest BCUT2D eigenvalue weighted by Gasteiger charge is -2.39. The van der Waals surface area contributed by atoms with E-state index in [4.69, 9.17) is 61.5 Å². The number of aromatic nitrogens is 4. The van der Waals surface area contributed by atoms with E-state index in [2.05, 4.69) is 24.9 Å². The van der Waals surface area contributed by atoms with E-state index in [1.807, 2.05) is 146 Å². The summed E-state index contributed by atoms with van der Waals surface area (Å²) in [5.41, 5.74) is 4.46. The fraction of sp³-hybridized carbons (Fsp3) is 0.325. The fourth-order valence-corrected chi connectivity index (χ4v) is 11.9. The number of hydrogen-bond donors (Lipinski definition) is 1. The van der Waals surface area contributed by atoms with Crippen LogP contribution in [0.3, 0.4) is 0 Å². The van der Waals surface area contributed by atoms with Gasteiger partial charge in [-0.05, 0) is 58.7 Å². The first-order valence-corrected chi connectivity index (χ1v) is 34.7. The van der Waals surface area contributed by atoms with Crippen molar-refractivity contribution in [3.05, 3.63) is 309 Å². The molecule has 1 fully saturated rings. The van der Waals surface area contributed by atoms with Crippen LogP contribution >= 0.6 is 23.2 Å². The molecule has 4 aromatic heterocycles. The Balaban J connectivity index is 0.931. The van der Waals surface area contributed by atoms with Gasteiger partial charge in [-0.15, -0.1) is 18.9 Å². The van der Waals surface area contributed by atoms with Crippen LogP contribution in [0.4, 0.5) is 0 Å². The minimum absolute atomic E-state index is 0.0170. The second-order valence-corrected chi connectivity index (χ2v) is 25.0. The van der Waals surface area contributed by atoms with Crippen LogP contribution in [0.15, 0.2) is 232 Å². The Morgan fingerprint density at radius 3 is 1.11 bits per heavy atom. The first kappa shape index (κ1) is 75.0. The average molecular weight is 1430 g/mol. The van der Waals surface area contributed by atoms with Crippen molar-refractivity contribution in [2.45, 2.75) is 71.5 Å². The number of nitrogens with zero attached hydrogens (tertiary/aromatic N) is 8. The lowest BCUT2D eigenvalue weighted by Crippen LogP contribution is -2.54. The number of rotatable bonds is 35. The number of nitrogens with one attached hydrogen (secondary N) is 1. The highest BCUT2D eigenvalue weighted by Gasteiger charge is 2.28. The molecule has 0 radical (unpaired) electrons. The van der Waals surface area contributed by atoms with Gasteiger partial charge in [-0.25, -0.2) is 0 Å². The zero-order valence-electron chi connectivity index (χ0n) is 56.8. The van der Waals surface area contributed by atoms with Crippen LogP contribution in [0.25, 0.3) is 0 Å². The van der Waals surface area contributed by atoms with Crippen molar-refractivity contribution in [3.8, 4) is 5.75 Å². The van der Waals surface area contributed by atoms with Crippen molar-refractivity contribution < 1.29 is 47.9 Å². The molecule has 0 spiro atoms. The topological polar surface area (TPSA) is 221 Å². The minimum atomic E-state index is -0.547. The second-order valence-electron chi connectivity index (χ2n) is 24.2. The molecule has 1 N–H and O–H groups in total. The molecule has 25 heteroatoms. The van der Waals surface area contributed by atoms with E-state index >= 15 is 0 Å². The van der Waals surface area contributed by atoms with Crippen LogP contribution < -0.4 is 51.6 Å². The van der Waals surface area contributed by atoms with Gasteiger partial charge in [0, 0.05) is 115 Å². The highest BCUT2D eigenvalue weighted by Crippen LogP contribution is 2.32. The predicted octanol–water partition coefficient (Wildman–Crippen LogP) is 7.40. The Hall–Kier alpha value is -9.66. The number of pyridine rings is 4. The van der Waals surface area contributed by atoms with Gasteiger partial charge in [0.15, 0.2) is 5.75 Å². The molecule has 5 heterocycles. The molecule has 536 valence electrons. The molecule has 0 bridgehead atoms. The summed E-state index contributed by atoms with van der Waals surface area (Å²) in [6, 6.07) is 62.9. The van der Waals surface area contributed by atoms with E-state index in [-0.39, 0.29) is 156 Å². The molecule has 23 nitrogen and oxygen atoms in total. The van der Waals surface area contributed by atoms with Crippen LogP contribution in [0.2, 0.25) is 10.0 Å². The molecule has 1 atom stereocenters. The minimum Gasteiger partial charge on any atom is -0.423 e. The van der Waals surface area contributed by atoms with Gasteiger partial charge in [-0.3, -0.25) is 48.4 Å². The van der Waals surface area contributed by atoms with Crippen molar-refractivity contribution in [3.63, 3.8) is 0 Å². The number of ether oxygens (including phenoxy) is 4. The molecule has 1 aliphatic heterocycles. The third-order valence-corrected chi connectivity index (χ3v) is 17.4. The third-order valence-electron chi connectivity index (χ3n) is 16.8. The molecule has 1 saturated heterocycles. The number of para-hydroxylation sites is 1. The molecule has 5 aromatic carbocycles. The van der Waals surface area contributed by atoms with Crippen LogP contribution in [-0.4, -0.2) is 148 Å². The molecule has 10 rings (SSSR count). The smallest absolute Gasteiger partial charge is 0.313 e. The summed E-state index contributed by atoms with van der Waals surface area (Å²) in [5, 5.41) is 3.68. The predicted molar refractivity (Wildman–Crippen MR) is 387 cm³/mol. The Morgan fingerprint density at radius 2 is 0.706 bits per heavy atom. The maximum absolute atomic E-state index is 14.2. The zero-order valence-corrected chi connectivity index (χ0v) is 58.3. The van der Waals surface area contributed by atoms with Crippen molar-refractivity contribution in [2.75, 3.05) is 92.0 Å². The standard InChI is InChI=1S/C77H85Cl2N9O14/c78-69-30-17-31-70(79)77(69)102-76(94)37-45-96-47-49-97-48-46-95-44-36-71(89)80-50-68-54-83(53-66-28-15-34-74(92)87(66)100-58-62-22-9-3-10-23-62)41-40-81(51-64-26-13-32-72(90)85(64)98-56-60-18-5-1-6-19-60)38-39-82(52-65-27-14-33-73(91)86(65)99-57-61-20-7-2-8-21-61)42-43-84(68)55-67-29-16-35-75(93)88(67)101-59-63-24-11-4-12-25-63/h1-35,68H,36-59H2,(H,80,89). The van der Waals surface area contributed by atoms with Gasteiger partial charge in [0.2, 0.25) is 5.91 Å². The molecular weight excluding hydrogens is 1350 g/mol. The Labute approximate surface area is 601 Å². The van der Waals surface area contributed by atoms with Crippen molar-refractivity contribution in [1.29, 1.82) is 0 Å². The van der Waals surface area contributed by atoms with Gasteiger partial charge in [-0.2, -0.15) is 0 Å². The Bertz CT molecular complexity index is 4300. The van der Waals surface area contributed by atoms with Gasteiger partial charge in [0.25, 0.3) is 22.2 Å². The molecule has 102 heavy (non-hydrogen) atoms. The summed E-state index contributed by atoms with van der Waals surface area (Å²) in [6.45, 7) is 5.34. The van der Waals surface area contributed by atoms with Crippen molar-refractivity contribution >= 4 is 35.1 Å². The number of carbonyl (C=O) groups excluding carboxylic acids is 2. The van der Waals surface area contributed by atoms with Gasteiger partial charge in [0.05, 0.1) is 78.9 Å². The highest BCUT2D eigenvalue weighted by atomic mass is 35.5. The maximum Gasteiger partial charge on any atom is 0.313 e. The Kier molecular flexibility index (Phi) is 29.5. The number of hydrogen-bond acceptors (Lipinski definition) is 18. The van der Waals surface area contributed by atoms with E-state index < -0.39 is 12.0 Å². The SMILES string of the molecule is O=C(CCOCCOCCOCCC(=O)Oc1c(Cl)cccc1Cl)NCC1CN(Cc2cccc(=O)n2OCc2ccccc2)CCN(Cc2cccc(=O)n2OCc2ccccc2)CCN(Cc2cccc(=O)n2OCc2ccccc2)CCN1Cc1cccc(=O)n1OCc1ccccc1. The Morgan fingerprint density at radius 1 is 0.373 bits per heavy atom. The van der Waals surface area contributed by atoms with Crippen LogP contribution in [0, 0.1) is 0 Å². The lowest BCUT2D eigenvalue weighted by molar-refractivity contribution is -0.135. The van der Waals surface area contributed by atoms with E-state index in [0.717, 1.165) is 22.3 Å². The number of halogens is 2. The highest BCUT2D eigenvalue weighted by molar-refractivity contribution is 6.37. The maximum atomic E-state index is 14.2. The second kappa shape index (κ2) is 40.1. The van der Waals surface area contributed by atoms with E-state index in [1.165, 1.54) is 43.2 Å². The molecule has 1 aliphatic rings. The zero-order chi connectivity index (χ0) is 71.1. The van der Waals surface area contributed by atoms with Gasteiger partial charge < -0.3 is 43.6 Å². The summed E-state index contributed by atoms with van der Waals surface area (Å²) in [6.07, 6.45) is -0.00820. The molecular formula is C77H85Cl2N9O14. The monoisotopic (exact) mass is 1430 g/mol. The number of amides is 1. The van der Waals surface area contributed by atoms with Crippen LogP contribution in [-0.2, 0) is 76.4 Å². The fourth-order valence-electron chi connectivity index (χ4n) is 11.4. The van der Waals surface area contributed by atoms with E-state index in [0.29, 0.717) is 68.6 Å². The molecule has 9 aromatic rings. The number of benzene rings is 5. The molecule has 1 amide bonds.